The first-order valence-electron chi connectivity index (χ1n) is 7.45. The number of phenols is 1. The van der Waals surface area contributed by atoms with E-state index < -0.39 is 17.6 Å². The lowest BCUT2D eigenvalue weighted by Gasteiger charge is -2.23. The summed E-state index contributed by atoms with van der Waals surface area (Å²) < 4.78 is 5.80. The van der Waals surface area contributed by atoms with Crippen LogP contribution in [0.2, 0.25) is 5.15 Å². The standard InChI is InChI=1S/C16H18ClN3O4/c1-7-11(14(17)20-19-7)15(23)18-9-4-5-10(22)13-12(9)8(2)24-16(13,3)6-21/h4-5,8,21-22H,6H2,1-3H3,(H,18,23)(H,19,20). The second-order valence-corrected chi connectivity index (χ2v) is 6.40. The number of aliphatic hydroxyl groups excluding tert-OH is 1. The van der Waals surface area contributed by atoms with Crippen LogP contribution < -0.4 is 5.32 Å². The SMILES string of the molecule is Cc1[nH]nc(Cl)c1C(=O)Nc1ccc(O)c2c1C(C)OC2(C)CO. The summed E-state index contributed by atoms with van der Waals surface area (Å²) in [5.74, 6) is -0.398. The van der Waals surface area contributed by atoms with Crippen molar-refractivity contribution in [3.8, 4) is 5.75 Å². The van der Waals surface area contributed by atoms with Crippen molar-refractivity contribution in [2.24, 2.45) is 0 Å². The number of rotatable bonds is 3. The lowest BCUT2D eigenvalue weighted by atomic mass is 9.91. The number of carbonyl (C=O) groups excluding carboxylic acids is 1. The van der Waals surface area contributed by atoms with Crippen molar-refractivity contribution in [1.82, 2.24) is 10.2 Å². The molecule has 24 heavy (non-hydrogen) atoms. The fourth-order valence-electron chi connectivity index (χ4n) is 3.17. The van der Waals surface area contributed by atoms with Crippen LogP contribution >= 0.6 is 11.6 Å². The number of benzene rings is 1. The van der Waals surface area contributed by atoms with Crippen LogP contribution in [-0.4, -0.2) is 32.9 Å². The Kier molecular flexibility index (Phi) is 4.03. The van der Waals surface area contributed by atoms with Crippen LogP contribution in [0.1, 0.15) is 47.1 Å². The third kappa shape index (κ3) is 2.45. The van der Waals surface area contributed by atoms with Crippen LogP contribution in [0, 0.1) is 6.92 Å². The van der Waals surface area contributed by atoms with Gasteiger partial charge in [0, 0.05) is 22.5 Å². The Morgan fingerprint density at radius 2 is 2.25 bits per heavy atom. The number of aliphatic hydroxyl groups is 1. The molecule has 4 N–H and O–H groups in total. The van der Waals surface area contributed by atoms with Crippen molar-refractivity contribution in [2.45, 2.75) is 32.5 Å². The molecule has 3 rings (SSSR count). The van der Waals surface area contributed by atoms with E-state index in [9.17, 15) is 15.0 Å². The molecule has 2 heterocycles. The Balaban J connectivity index is 2.04. The lowest BCUT2D eigenvalue weighted by molar-refractivity contribution is -0.0877. The largest absolute Gasteiger partial charge is 0.508 e. The van der Waals surface area contributed by atoms with Gasteiger partial charge in [0.15, 0.2) is 5.15 Å². The van der Waals surface area contributed by atoms with E-state index in [1.54, 1.807) is 26.8 Å². The number of aryl methyl sites for hydroxylation is 1. The van der Waals surface area contributed by atoms with Crippen molar-refractivity contribution in [2.75, 3.05) is 11.9 Å². The molecule has 0 radical (unpaired) electrons. The molecule has 128 valence electrons. The minimum Gasteiger partial charge on any atom is -0.508 e. The normalized spacial score (nSPS) is 22.5. The number of phenolic OH excluding ortho intramolecular Hbond substituents is 1. The van der Waals surface area contributed by atoms with Gasteiger partial charge in [0.1, 0.15) is 11.4 Å². The van der Waals surface area contributed by atoms with Crippen molar-refractivity contribution in [3.63, 3.8) is 0 Å². The minimum atomic E-state index is -1.03. The number of aromatic nitrogens is 2. The van der Waals surface area contributed by atoms with Gasteiger partial charge in [-0.1, -0.05) is 11.6 Å². The topological polar surface area (TPSA) is 107 Å². The average molecular weight is 352 g/mol. The fourth-order valence-corrected chi connectivity index (χ4v) is 3.44. The summed E-state index contributed by atoms with van der Waals surface area (Å²) in [4.78, 5) is 12.5. The second kappa shape index (κ2) is 5.77. The molecule has 0 saturated heterocycles. The molecule has 1 aliphatic heterocycles. The molecular weight excluding hydrogens is 334 g/mol. The molecule has 0 spiro atoms. The van der Waals surface area contributed by atoms with Crippen LogP contribution in [0.15, 0.2) is 12.1 Å². The van der Waals surface area contributed by atoms with Gasteiger partial charge in [-0.05, 0) is 32.9 Å². The first-order chi connectivity index (χ1) is 11.3. The highest BCUT2D eigenvalue weighted by Crippen LogP contribution is 2.50. The molecule has 1 aliphatic rings. The molecule has 1 aromatic heterocycles. The number of aromatic hydroxyl groups is 1. The van der Waals surface area contributed by atoms with E-state index in [1.807, 2.05) is 0 Å². The van der Waals surface area contributed by atoms with Gasteiger partial charge >= 0.3 is 0 Å². The summed E-state index contributed by atoms with van der Waals surface area (Å²) in [5.41, 5.74) is 1.40. The molecule has 0 aliphatic carbocycles. The number of aromatic amines is 1. The third-order valence-electron chi connectivity index (χ3n) is 4.28. The van der Waals surface area contributed by atoms with E-state index in [1.165, 1.54) is 6.07 Å². The third-order valence-corrected chi connectivity index (χ3v) is 4.55. The van der Waals surface area contributed by atoms with Gasteiger partial charge < -0.3 is 20.3 Å². The van der Waals surface area contributed by atoms with E-state index in [4.69, 9.17) is 16.3 Å². The van der Waals surface area contributed by atoms with Gasteiger partial charge in [-0.3, -0.25) is 9.89 Å². The Labute approximate surface area is 143 Å². The monoisotopic (exact) mass is 351 g/mol. The highest BCUT2D eigenvalue weighted by molar-refractivity contribution is 6.33. The first-order valence-corrected chi connectivity index (χ1v) is 7.83. The average Bonchev–Trinajstić information content (AvgIpc) is 3.00. The molecule has 2 atom stereocenters. The number of hydrogen-bond acceptors (Lipinski definition) is 5. The van der Waals surface area contributed by atoms with Crippen LogP contribution in [-0.2, 0) is 10.3 Å². The van der Waals surface area contributed by atoms with Gasteiger partial charge in [0.05, 0.1) is 18.3 Å². The molecule has 0 fully saturated rings. The summed E-state index contributed by atoms with van der Waals surface area (Å²) >= 11 is 5.94. The summed E-state index contributed by atoms with van der Waals surface area (Å²) in [5, 5.41) is 29.2. The van der Waals surface area contributed by atoms with E-state index >= 15 is 0 Å². The lowest BCUT2D eigenvalue weighted by Crippen LogP contribution is -2.26. The number of halogens is 1. The number of carbonyl (C=O) groups is 1. The molecule has 2 unspecified atom stereocenters. The zero-order valence-corrected chi connectivity index (χ0v) is 14.2. The zero-order valence-electron chi connectivity index (χ0n) is 13.5. The second-order valence-electron chi connectivity index (χ2n) is 6.04. The summed E-state index contributed by atoms with van der Waals surface area (Å²) in [6.45, 7) is 4.90. The van der Waals surface area contributed by atoms with Gasteiger partial charge in [-0.15, -0.1) is 0 Å². The van der Waals surface area contributed by atoms with Gasteiger partial charge in [-0.2, -0.15) is 5.10 Å². The van der Waals surface area contributed by atoms with Crippen molar-refractivity contribution in [1.29, 1.82) is 0 Å². The number of nitrogens with zero attached hydrogens (tertiary/aromatic N) is 1. The molecule has 0 saturated carbocycles. The Morgan fingerprint density at radius 3 is 2.83 bits per heavy atom. The van der Waals surface area contributed by atoms with Crippen LogP contribution in [0.25, 0.3) is 0 Å². The van der Waals surface area contributed by atoms with Crippen molar-refractivity contribution in [3.05, 3.63) is 39.7 Å². The highest BCUT2D eigenvalue weighted by atomic mass is 35.5. The Hall–Kier alpha value is -2.09. The number of hydrogen-bond donors (Lipinski definition) is 4. The molecule has 1 aromatic carbocycles. The predicted octanol–water partition coefficient (Wildman–Crippen LogP) is 2.63. The van der Waals surface area contributed by atoms with Gasteiger partial charge in [0.25, 0.3) is 5.91 Å². The number of nitrogens with one attached hydrogen (secondary N) is 2. The predicted molar refractivity (Wildman–Crippen MR) is 88.3 cm³/mol. The number of ether oxygens (including phenoxy) is 1. The molecule has 0 bridgehead atoms. The van der Waals surface area contributed by atoms with Crippen LogP contribution in [0.5, 0.6) is 5.75 Å². The van der Waals surface area contributed by atoms with E-state index in [0.29, 0.717) is 22.5 Å². The number of amides is 1. The fraction of sp³-hybridized carbons (Fsp3) is 0.375. The maximum absolute atomic E-state index is 12.5. The highest BCUT2D eigenvalue weighted by Gasteiger charge is 2.43. The molecule has 8 heteroatoms. The number of H-pyrrole nitrogens is 1. The van der Waals surface area contributed by atoms with Gasteiger partial charge in [0.2, 0.25) is 0 Å². The Bertz CT molecular complexity index is 800. The minimum absolute atomic E-state index is 0.0152. The molecule has 2 aromatic rings. The maximum Gasteiger partial charge on any atom is 0.260 e. The van der Waals surface area contributed by atoms with Crippen LogP contribution in [0.3, 0.4) is 0 Å². The first kappa shape index (κ1) is 16.8. The smallest absolute Gasteiger partial charge is 0.260 e. The van der Waals surface area contributed by atoms with Crippen molar-refractivity contribution < 1.29 is 19.7 Å². The molecule has 7 nitrogen and oxygen atoms in total. The molecule has 1 amide bonds. The maximum atomic E-state index is 12.5. The molecular formula is C16H18ClN3O4. The van der Waals surface area contributed by atoms with Gasteiger partial charge in [-0.25, -0.2) is 0 Å². The zero-order chi connectivity index (χ0) is 17.6. The number of anilines is 1. The number of fused-ring (bicyclic) bond motifs is 1. The van der Waals surface area contributed by atoms with Crippen molar-refractivity contribution >= 4 is 23.2 Å². The van der Waals surface area contributed by atoms with Crippen LogP contribution in [0.4, 0.5) is 5.69 Å². The quantitative estimate of drug-likeness (QED) is 0.636. The van der Waals surface area contributed by atoms with E-state index in [0.717, 1.165) is 0 Å². The summed E-state index contributed by atoms with van der Waals surface area (Å²) in [7, 11) is 0. The Morgan fingerprint density at radius 1 is 1.54 bits per heavy atom. The summed E-state index contributed by atoms with van der Waals surface area (Å²) in [6, 6.07) is 3.06. The van der Waals surface area contributed by atoms with E-state index in [2.05, 4.69) is 15.5 Å². The van der Waals surface area contributed by atoms with E-state index in [-0.39, 0.29) is 23.1 Å². The summed E-state index contributed by atoms with van der Waals surface area (Å²) in [6.07, 6.45) is -0.402.